The first-order chi connectivity index (χ1) is 13.1. The Morgan fingerprint density at radius 1 is 1.04 bits per heavy atom. The maximum Gasteiger partial charge on any atom is 0.279 e. The molecule has 1 aliphatic rings. The Kier molecular flexibility index (Phi) is 7.59. The van der Waals surface area contributed by atoms with E-state index in [1.807, 2.05) is 30.0 Å². The van der Waals surface area contributed by atoms with E-state index in [2.05, 4.69) is 36.5 Å². The molecule has 3 rings (SSSR count). The molecule has 2 aromatic rings. The molecule has 3 N–H and O–H groups in total. The van der Waals surface area contributed by atoms with E-state index in [-0.39, 0.29) is 5.91 Å². The number of piperazine rings is 1. The fourth-order valence-corrected chi connectivity index (χ4v) is 4.45. The van der Waals surface area contributed by atoms with Crippen molar-refractivity contribution < 1.29 is 14.6 Å². The Morgan fingerprint density at radius 3 is 2.41 bits per heavy atom. The number of carbonyl (C=O) groups is 1. The summed E-state index contributed by atoms with van der Waals surface area (Å²) in [4.78, 5) is 16.6. The lowest BCUT2D eigenvalue weighted by Crippen LogP contribution is -3.28. The molecule has 0 saturated carbocycles. The number of benzene rings is 2. The van der Waals surface area contributed by atoms with Crippen LogP contribution in [0.2, 0.25) is 5.02 Å². The van der Waals surface area contributed by atoms with Gasteiger partial charge in [0.05, 0.1) is 17.3 Å². The average molecular weight is 406 g/mol. The highest BCUT2D eigenvalue weighted by Gasteiger charge is 2.24. The molecule has 0 radical (unpaired) electrons. The molecule has 1 amide bonds. The van der Waals surface area contributed by atoms with Crippen LogP contribution in [0.4, 0.5) is 5.69 Å². The zero-order valence-corrected chi connectivity index (χ0v) is 17.3. The van der Waals surface area contributed by atoms with Crippen LogP contribution in [0.25, 0.3) is 0 Å². The van der Waals surface area contributed by atoms with Gasteiger partial charge in [-0.1, -0.05) is 41.4 Å². The number of amides is 1. The first kappa shape index (κ1) is 20.2. The van der Waals surface area contributed by atoms with Crippen molar-refractivity contribution in [3.05, 3.63) is 59.1 Å². The minimum absolute atomic E-state index is 0.0384. The lowest BCUT2D eigenvalue weighted by molar-refractivity contribution is -1.01. The number of halogens is 1. The van der Waals surface area contributed by atoms with Gasteiger partial charge < -0.3 is 15.1 Å². The Labute approximate surface area is 170 Å². The zero-order chi connectivity index (χ0) is 19.1. The highest BCUT2D eigenvalue weighted by Crippen LogP contribution is 2.20. The van der Waals surface area contributed by atoms with Crippen LogP contribution >= 0.6 is 23.4 Å². The SMILES string of the molecule is Cc1ccc(SCC[NH+]2CC[NH+](CC(=O)Nc3ccccc3Cl)CC2)cc1. The predicted molar refractivity (Wildman–Crippen MR) is 113 cm³/mol. The van der Waals surface area contributed by atoms with Crippen LogP contribution in [-0.2, 0) is 4.79 Å². The van der Waals surface area contributed by atoms with E-state index in [4.69, 9.17) is 11.6 Å². The molecule has 27 heavy (non-hydrogen) atoms. The molecule has 144 valence electrons. The van der Waals surface area contributed by atoms with E-state index in [1.165, 1.54) is 21.9 Å². The Bertz CT molecular complexity index is 745. The van der Waals surface area contributed by atoms with E-state index >= 15 is 0 Å². The van der Waals surface area contributed by atoms with Crippen molar-refractivity contribution in [2.75, 3.05) is 50.3 Å². The molecule has 0 aromatic heterocycles. The normalized spacial score (nSPS) is 19.6. The summed E-state index contributed by atoms with van der Waals surface area (Å²) >= 11 is 8.04. The standard InChI is InChI=1S/C21H26ClN3OS/c1-17-6-8-18(9-7-17)27-15-14-24-10-12-25(13-11-24)16-21(26)23-20-5-3-2-4-19(20)22/h2-9H,10-16H2,1H3,(H,23,26)/p+2. The maximum absolute atomic E-state index is 12.3. The van der Waals surface area contributed by atoms with Crippen molar-refractivity contribution in [3.63, 3.8) is 0 Å². The number of hydrogen-bond donors (Lipinski definition) is 3. The van der Waals surface area contributed by atoms with E-state index in [9.17, 15) is 4.79 Å². The van der Waals surface area contributed by atoms with Crippen LogP contribution in [-0.4, -0.2) is 50.9 Å². The molecule has 0 spiro atoms. The van der Waals surface area contributed by atoms with Crippen LogP contribution in [0.3, 0.4) is 0 Å². The Balaban J connectivity index is 1.34. The lowest BCUT2D eigenvalue weighted by atomic mass is 10.2. The fraction of sp³-hybridized carbons (Fsp3) is 0.381. The minimum Gasteiger partial charge on any atom is -0.325 e. The number of rotatable bonds is 7. The van der Waals surface area contributed by atoms with Crippen LogP contribution in [0.15, 0.2) is 53.4 Å². The molecule has 1 fully saturated rings. The van der Waals surface area contributed by atoms with Crippen molar-refractivity contribution in [3.8, 4) is 0 Å². The number of quaternary nitrogens is 2. The van der Waals surface area contributed by atoms with Crippen LogP contribution < -0.4 is 15.1 Å². The van der Waals surface area contributed by atoms with Gasteiger partial charge in [-0.05, 0) is 31.2 Å². The molecule has 0 unspecified atom stereocenters. The molecule has 0 aliphatic carbocycles. The van der Waals surface area contributed by atoms with E-state index < -0.39 is 0 Å². The number of para-hydroxylation sites is 1. The number of thioether (sulfide) groups is 1. The molecule has 4 nitrogen and oxygen atoms in total. The van der Waals surface area contributed by atoms with Gasteiger partial charge in [0.25, 0.3) is 5.91 Å². The first-order valence-electron chi connectivity index (χ1n) is 9.51. The van der Waals surface area contributed by atoms with Gasteiger partial charge in [0.15, 0.2) is 6.54 Å². The third-order valence-corrected chi connectivity index (χ3v) is 6.31. The van der Waals surface area contributed by atoms with Crippen molar-refractivity contribution in [2.45, 2.75) is 11.8 Å². The predicted octanol–water partition coefficient (Wildman–Crippen LogP) is 1.16. The molecular formula is C21H28ClN3OS+2. The highest BCUT2D eigenvalue weighted by molar-refractivity contribution is 7.99. The monoisotopic (exact) mass is 405 g/mol. The van der Waals surface area contributed by atoms with Gasteiger partial charge in [-0.2, -0.15) is 0 Å². The number of anilines is 1. The third-order valence-electron chi connectivity index (χ3n) is 4.97. The van der Waals surface area contributed by atoms with E-state index in [0.29, 0.717) is 17.3 Å². The lowest BCUT2D eigenvalue weighted by Gasteiger charge is -2.29. The Hall–Kier alpha value is -1.53. The molecular weight excluding hydrogens is 378 g/mol. The maximum atomic E-state index is 12.3. The quantitative estimate of drug-likeness (QED) is 0.605. The summed E-state index contributed by atoms with van der Waals surface area (Å²) in [6.45, 7) is 8.15. The summed E-state index contributed by atoms with van der Waals surface area (Å²) in [5, 5.41) is 3.51. The Morgan fingerprint density at radius 2 is 1.70 bits per heavy atom. The van der Waals surface area contributed by atoms with Gasteiger partial charge in [-0.25, -0.2) is 0 Å². The third kappa shape index (κ3) is 6.54. The van der Waals surface area contributed by atoms with Crippen LogP contribution in [0, 0.1) is 6.92 Å². The molecule has 0 atom stereocenters. The summed E-state index contributed by atoms with van der Waals surface area (Å²) in [7, 11) is 0. The van der Waals surface area contributed by atoms with Gasteiger partial charge in [-0.15, -0.1) is 11.8 Å². The summed E-state index contributed by atoms with van der Waals surface area (Å²) < 4.78 is 0. The van der Waals surface area contributed by atoms with Gasteiger partial charge >= 0.3 is 0 Å². The van der Waals surface area contributed by atoms with Crippen LogP contribution in [0.1, 0.15) is 5.56 Å². The number of nitrogens with one attached hydrogen (secondary N) is 3. The van der Waals surface area contributed by atoms with Crippen molar-refractivity contribution in [2.24, 2.45) is 0 Å². The molecule has 2 aromatic carbocycles. The largest absolute Gasteiger partial charge is 0.325 e. The van der Waals surface area contributed by atoms with Crippen LogP contribution in [0.5, 0.6) is 0 Å². The first-order valence-corrected chi connectivity index (χ1v) is 10.9. The van der Waals surface area contributed by atoms with Gasteiger partial charge in [0.1, 0.15) is 26.2 Å². The van der Waals surface area contributed by atoms with Gasteiger partial charge in [0.2, 0.25) is 0 Å². The fourth-order valence-electron chi connectivity index (χ4n) is 3.32. The second-order valence-electron chi connectivity index (χ2n) is 7.12. The smallest absolute Gasteiger partial charge is 0.279 e. The highest BCUT2D eigenvalue weighted by atomic mass is 35.5. The number of hydrogen-bond acceptors (Lipinski definition) is 2. The zero-order valence-electron chi connectivity index (χ0n) is 15.8. The molecule has 1 heterocycles. The van der Waals surface area contributed by atoms with Crippen molar-refractivity contribution >= 4 is 35.0 Å². The summed E-state index contributed by atoms with van der Waals surface area (Å²) in [5.74, 6) is 1.18. The number of aryl methyl sites for hydroxylation is 1. The molecule has 6 heteroatoms. The van der Waals surface area contributed by atoms with E-state index in [1.54, 1.807) is 11.0 Å². The van der Waals surface area contributed by atoms with Crippen molar-refractivity contribution in [1.29, 1.82) is 0 Å². The van der Waals surface area contributed by atoms with E-state index in [0.717, 1.165) is 31.9 Å². The minimum atomic E-state index is 0.0384. The summed E-state index contributed by atoms with van der Waals surface area (Å²) in [6, 6.07) is 16.1. The second-order valence-corrected chi connectivity index (χ2v) is 8.69. The van der Waals surface area contributed by atoms with Gasteiger partial charge in [-0.3, -0.25) is 4.79 Å². The summed E-state index contributed by atoms with van der Waals surface area (Å²) in [5.41, 5.74) is 2.00. The second kappa shape index (κ2) is 10.1. The topological polar surface area (TPSA) is 38.0 Å². The van der Waals surface area contributed by atoms with Crippen molar-refractivity contribution in [1.82, 2.24) is 0 Å². The molecule has 0 bridgehead atoms. The summed E-state index contributed by atoms with van der Waals surface area (Å²) in [6.07, 6.45) is 0. The molecule has 1 saturated heterocycles. The number of carbonyl (C=O) groups excluding carboxylic acids is 1. The molecule has 1 aliphatic heterocycles. The van der Waals surface area contributed by atoms with Gasteiger partial charge in [0, 0.05) is 10.6 Å². The average Bonchev–Trinajstić information content (AvgIpc) is 2.67.